The molecule has 36 heavy (non-hydrogen) atoms. The van der Waals surface area contributed by atoms with Gasteiger partial charge in [-0.3, -0.25) is 0 Å². The lowest BCUT2D eigenvalue weighted by molar-refractivity contribution is 1.25. The third kappa shape index (κ3) is 5.99. The maximum atomic E-state index is 2.50. The van der Waals surface area contributed by atoms with E-state index in [9.17, 15) is 0 Å². The fourth-order valence-corrected chi connectivity index (χ4v) is 9.97. The fourth-order valence-electron chi connectivity index (χ4n) is 4.63. The summed E-state index contributed by atoms with van der Waals surface area (Å²) in [5.41, 5.74) is 0. The van der Waals surface area contributed by atoms with Gasteiger partial charge in [-0.25, -0.2) is 0 Å². The molecule has 0 saturated heterocycles. The lowest BCUT2D eigenvalue weighted by atomic mass is 9.94. The lowest BCUT2D eigenvalue weighted by Crippen LogP contribution is -1.92. The van der Waals surface area contributed by atoms with Crippen molar-refractivity contribution in [2.75, 3.05) is 34.5 Å². The fraction of sp³-hybridized carbons (Fsp3) is 0.400. The second-order valence-corrected chi connectivity index (χ2v) is 16.0. The number of rotatable bonds is 12. The van der Waals surface area contributed by atoms with E-state index in [4.69, 9.17) is 0 Å². The topological polar surface area (TPSA) is 0 Å². The van der Waals surface area contributed by atoms with Crippen LogP contribution in [0.15, 0.2) is 65.8 Å². The molecule has 0 aliphatic carbocycles. The summed E-state index contributed by atoms with van der Waals surface area (Å²) in [6.07, 6.45) is 0. The summed E-state index contributed by atoms with van der Waals surface area (Å²) in [6.45, 7) is 13.6. The van der Waals surface area contributed by atoms with Crippen molar-refractivity contribution in [2.24, 2.45) is 0 Å². The van der Waals surface area contributed by atoms with Crippen LogP contribution in [-0.2, 0) is 0 Å². The summed E-state index contributed by atoms with van der Waals surface area (Å²) in [7, 11) is 0. The van der Waals surface area contributed by atoms with Gasteiger partial charge in [-0.1, -0.05) is 41.5 Å². The van der Waals surface area contributed by atoms with Gasteiger partial charge in [-0.05, 0) is 103 Å². The maximum Gasteiger partial charge on any atom is 0.0214 e. The Morgan fingerprint density at radius 3 is 0.556 bits per heavy atom. The summed E-state index contributed by atoms with van der Waals surface area (Å²) in [5, 5.41) is 8.43. The average molecular weight is 589 g/mol. The largest absolute Gasteiger partial charge is 0.125 e. The molecule has 192 valence electrons. The van der Waals surface area contributed by atoms with Gasteiger partial charge >= 0.3 is 0 Å². The maximum absolute atomic E-state index is 2.50. The van der Waals surface area contributed by atoms with Crippen LogP contribution in [0.2, 0.25) is 0 Å². The molecule has 0 amide bonds. The van der Waals surface area contributed by atoms with Crippen molar-refractivity contribution in [3.8, 4) is 0 Å². The van der Waals surface area contributed by atoms with Gasteiger partial charge in [0.2, 0.25) is 0 Å². The Morgan fingerprint density at radius 1 is 0.306 bits per heavy atom. The number of thioether (sulfide) groups is 6. The molecule has 0 aromatic heterocycles. The number of fused-ring (bicyclic) bond motifs is 6. The minimum atomic E-state index is 1.09. The Kier molecular flexibility index (Phi) is 11.0. The molecule has 0 fully saturated rings. The van der Waals surface area contributed by atoms with E-state index < -0.39 is 0 Å². The third-order valence-corrected chi connectivity index (χ3v) is 11.9. The average Bonchev–Trinajstić information content (AvgIpc) is 2.87. The highest BCUT2D eigenvalue weighted by molar-refractivity contribution is 8.03. The highest BCUT2D eigenvalue weighted by Gasteiger charge is 2.18. The third-order valence-electron chi connectivity index (χ3n) is 5.92. The van der Waals surface area contributed by atoms with E-state index >= 15 is 0 Å². The summed E-state index contributed by atoms with van der Waals surface area (Å²) < 4.78 is 0. The van der Waals surface area contributed by atoms with Gasteiger partial charge in [0.05, 0.1) is 0 Å². The second kappa shape index (κ2) is 13.7. The quantitative estimate of drug-likeness (QED) is 0.118. The van der Waals surface area contributed by atoms with E-state index in [1.807, 2.05) is 70.6 Å². The van der Waals surface area contributed by atoms with E-state index in [0.29, 0.717) is 0 Å². The Hall–Kier alpha value is -0.240. The van der Waals surface area contributed by atoms with E-state index in [2.05, 4.69) is 77.9 Å². The highest BCUT2D eigenvalue weighted by Crippen LogP contribution is 2.46. The van der Waals surface area contributed by atoms with Crippen molar-refractivity contribution in [1.29, 1.82) is 0 Å². The Labute approximate surface area is 243 Å². The first-order chi connectivity index (χ1) is 17.6. The number of hydrogen-bond acceptors (Lipinski definition) is 6. The van der Waals surface area contributed by atoms with Crippen LogP contribution in [-0.4, -0.2) is 34.5 Å². The molecular formula is C30H36S6. The molecule has 0 spiro atoms. The molecule has 0 N–H and O–H groups in total. The van der Waals surface area contributed by atoms with Crippen LogP contribution < -0.4 is 0 Å². The van der Waals surface area contributed by atoms with Crippen LogP contribution in [0.5, 0.6) is 0 Å². The van der Waals surface area contributed by atoms with Crippen LogP contribution in [0.3, 0.4) is 0 Å². The first-order valence-electron chi connectivity index (χ1n) is 12.9. The van der Waals surface area contributed by atoms with Crippen molar-refractivity contribution in [3.05, 3.63) is 36.4 Å². The molecule has 0 bridgehead atoms. The minimum Gasteiger partial charge on any atom is -0.125 e. The number of benzene rings is 4. The summed E-state index contributed by atoms with van der Waals surface area (Å²) in [5.74, 6) is 6.57. The highest BCUT2D eigenvalue weighted by atomic mass is 32.2. The van der Waals surface area contributed by atoms with Gasteiger partial charge < -0.3 is 0 Å². The zero-order valence-electron chi connectivity index (χ0n) is 22.2. The monoisotopic (exact) mass is 588 g/mol. The van der Waals surface area contributed by atoms with Gasteiger partial charge in [0.15, 0.2) is 0 Å². The van der Waals surface area contributed by atoms with E-state index in [1.165, 1.54) is 61.7 Å². The van der Waals surface area contributed by atoms with Crippen LogP contribution in [0.1, 0.15) is 41.5 Å². The first kappa shape index (κ1) is 28.8. The molecule has 0 saturated carbocycles. The van der Waals surface area contributed by atoms with Crippen molar-refractivity contribution < 1.29 is 0 Å². The molecule has 4 aromatic carbocycles. The van der Waals surface area contributed by atoms with Crippen molar-refractivity contribution in [3.63, 3.8) is 0 Å². The standard InChI is InChI=1S/C30H36S6/c1-7-31-25-13-19-20(14-26(25)32-8-2)22-16-28(34-10-4)30(36-12-6)18-24(22)23-17-29(35-11-5)27(33-9-3)15-21(19)23/h13-18H,7-12H2,1-6H3. The van der Waals surface area contributed by atoms with E-state index in [1.54, 1.807) is 0 Å². The Balaban J connectivity index is 2.20. The predicted molar refractivity (Wildman–Crippen MR) is 177 cm³/mol. The predicted octanol–water partition coefficient (Wildman–Crippen LogP) is 11.8. The van der Waals surface area contributed by atoms with Crippen LogP contribution in [0.25, 0.3) is 32.3 Å². The molecule has 0 nitrogen and oxygen atoms in total. The summed E-state index contributed by atoms with van der Waals surface area (Å²) in [6, 6.07) is 15.0. The van der Waals surface area contributed by atoms with Crippen LogP contribution >= 0.6 is 70.6 Å². The minimum absolute atomic E-state index is 1.09. The van der Waals surface area contributed by atoms with E-state index in [-0.39, 0.29) is 0 Å². The zero-order valence-corrected chi connectivity index (χ0v) is 27.1. The SMILES string of the molecule is CCSc1cc2c3cc(SCC)c(SCC)cc3c3cc(SCC)c(SCC)cc3c2cc1SCC. The molecule has 0 unspecified atom stereocenters. The molecule has 6 heteroatoms. The number of hydrogen-bond donors (Lipinski definition) is 0. The molecule has 4 aromatic rings. The Morgan fingerprint density at radius 2 is 0.444 bits per heavy atom. The Bertz CT molecular complexity index is 1060. The molecule has 0 radical (unpaired) electrons. The van der Waals surface area contributed by atoms with Gasteiger partial charge in [0.1, 0.15) is 0 Å². The van der Waals surface area contributed by atoms with Gasteiger partial charge in [-0.2, -0.15) is 0 Å². The van der Waals surface area contributed by atoms with Crippen molar-refractivity contribution in [1.82, 2.24) is 0 Å². The van der Waals surface area contributed by atoms with Crippen molar-refractivity contribution in [2.45, 2.75) is 70.9 Å². The first-order valence-corrected chi connectivity index (χ1v) is 18.8. The summed E-state index contributed by atoms with van der Waals surface area (Å²) >= 11 is 11.9. The molecule has 0 aliphatic heterocycles. The summed E-state index contributed by atoms with van der Waals surface area (Å²) in [4.78, 5) is 8.56. The van der Waals surface area contributed by atoms with E-state index in [0.717, 1.165) is 34.5 Å². The zero-order chi connectivity index (χ0) is 25.7. The van der Waals surface area contributed by atoms with Gasteiger partial charge in [0, 0.05) is 29.4 Å². The normalized spacial score (nSPS) is 11.8. The van der Waals surface area contributed by atoms with Crippen LogP contribution in [0, 0.1) is 0 Å². The van der Waals surface area contributed by atoms with Crippen molar-refractivity contribution >= 4 is 103 Å². The molecule has 0 aliphatic rings. The molecular weight excluding hydrogens is 553 g/mol. The van der Waals surface area contributed by atoms with Gasteiger partial charge in [0.25, 0.3) is 0 Å². The smallest absolute Gasteiger partial charge is 0.0214 e. The molecule has 4 rings (SSSR count). The van der Waals surface area contributed by atoms with Crippen LogP contribution in [0.4, 0.5) is 0 Å². The molecule has 0 heterocycles. The lowest BCUT2D eigenvalue weighted by Gasteiger charge is -2.19. The van der Waals surface area contributed by atoms with Gasteiger partial charge in [-0.15, -0.1) is 70.6 Å². The second-order valence-electron chi connectivity index (χ2n) is 8.13. The molecule has 0 atom stereocenters.